The molecule has 0 unspecified atom stereocenters. The Morgan fingerprint density at radius 3 is 2.46 bits per heavy atom. The summed E-state index contributed by atoms with van der Waals surface area (Å²) in [6.45, 7) is 3.87. The van der Waals surface area contributed by atoms with Gasteiger partial charge in [-0.2, -0.15) is 5.26 Å². The summed E-state index contributed by atoms with van der Waals surface area (Å²) in [6.07, 6.45) is 2.81. The van der Waals surface area contributed by atoms with Crippen molar-refractivity contribution in [3.8, 4) is 17.6 Å². The van der Waals surface area contributed by atoms with E-state index in [0.29, 0.717) is 46.8 Å². The van der Waals surface area contributed by atoms with Crippen LogP contribution in [0.5, 0.6) is 11.5 Å². The van der Waals surface area contributed by atoms with E-state index in [0.717, 1.165) is 0 Å². The van der Waals surface area contributed by atoms with E-state index < -0.39 is 17.6 Å². The van der Waals surface area contributed by atoms with Crippen LogP contribution in [0, 0.1) is 16.7 Å². The van der Waals surface area contributed by atoms with Crippen molar-refractivity contribution in [3.63, 3.8) is 0 Å². The highest BCUT2D eigenvalue weighted by Crippen LogP contribution is 2.43. The lowest BCUT2D eigenvalue weighted by Gasteiger charge is -2.34. The largest absolute Gasteiger partial charge is 0.504 e. The van der Waals surface area contributed by atoms with Gasteiger partial charge < -0.3 is 25.6 Å². The number of nitrogens with one attached hydrogen (secondary N) is 2. The Balaban J connectivity index is 1.72. The van der Waals surface area contributed by atoms with E-state index in [2.05, 4.69) is 10.6 Å². The lowest BCUT2D eigenvalue weighted by molar-refractivity contribution is -0.111. The molecule has 0 radical (unpaired) electrons. The highest BCUT2D eigenvalue weighted by molar-refractivity contribution is 6.01. The first kappa shape index (κ1) is 28.6. The molecule has 0 saturated heterocycles. The average molecular weight is 529 g/mol. The minimum Gasteiger partial charge on any atom is -0.504 e. The predicted octanol–water partition coefficient (Wildman–Crippen LogP) is 6.15. The standard InChI is InChI=1S/C30H32N4O5/c1-30(2,17-7-6-10-27(36)34-24-9-5-4-8-23(24)32)28(21-13-16-26(38-3)25(35)18-21)39-29(37)33-22-14-11-20(19-31)12-15-22/h4-6,8-16,18,28,35H,7,17,32H2,1-3H3,(H,33,37)(H,34,36)/b10-6+/t28-/m1/s1. The second kappa shape index (κ2) is 13.0. The molecule has 39 heavy (non-hydrogen) atoms. The molecule has 2 amide bonds. The number of nitriles is 1. The quantitative estimate of drug-likeness (QED) is 0.182. The van der Waals surface area contributed by atoms with Gasteiger partial charge >= 0.3 is 6.09 Å². The number of amides is 2. The first-order valence-electron chi connectivity index (χ1n) is 12.3. The smallest absolute Gasteiger partial charge is 0.412 e. The van der Waals surface area contributed by atoms with Gasteiger partial charge in [-0.05, 0) is 73.0 Å². The normalized spacial score (nSPS) is 11.8. The molecule has 202 valence electrons. The number of rotatable bonds is 10. The first-order valence-corrected chi connectivity index (χ1v) is 12.3. The van der Waals surface area contributed by atoms with Crippen molar-refractivity contribution in [3.05, 3.63) is 90.0 Å². The fourth-order valence-corrected chi connectivity index (χ4v) is 3.99. The fraction of sp³-hybridized carbons (Fsp3) is 0.233. The van der Waals surface area contributed by atoms with Gasteiger partial charge in [0.25, 0.3) is 0 Å². The van der Waals surface area contributed by atoms with Gasteiger partial charge in [-0.3, -0.25) is 10.1 Å². The number of nitrogens with zero attached hydrogens (tertiary/aromatic N) is 1. The summed E-state index contributed by atoms with van der Waals surface area (Å²) in [6, 6.07) is 20.3. The van der Waals surface area contributed by atoms with Crippen LogP contribution in [0.25, 0.3) is 0 Å². The van der Waals surface area contributed by atoms with Crippen molar-refractivity contribution in [2.24, 2.45) is 5.41 Å². The molecule has 1 atom stereocenters. The molecule has 9 nitrogen and oxygen atoms in total. The van der Waals surface area contributed by atoms with Crippen LogP contribution in [-0.4, -0.2) is 24.2 Å². The summed E-state index contributed by atoms with van der Waals surface area (Å²) in [5, 5.41) is 24.8. The van der Waals surface area contributed by atoms with Crippen molar-refractivity contribution in [1.29, 1.82) is 5.26 Å². The number of hydrogen-bond acceptors (Lipinski definition) is 7. The van der Waals surface area contributed by atoms with E-state index >= 15 is 0 Å². The van der Waals surface area contributed by atoms with Gasteiger partial charge in [-0.25, -0.2) is 4.79 Å². The highest BCUT2D eigenvalue weighted by Gasteiger charge is 2.34. The molecule has 0 heterocycles. The van der Waals surface area contributed by atoms with Crippen LogP contribution in [0.15, 0.2) is 78.9 Å². The van der Waals surface area contributed by atoms with Gasteiger partial charge in [0.15, 0.2) is 11.5 Å². The Labute approximate surface area is 227 Å². The molecule has 0 fully saturated rings. The monoisotopic (exact) mass is 528 g/mol. The Morgan fingerprint density at radius 2 is 1.82 bits per heavy atom. The third kappa shape index (κ3) is 8.01. The summed E-state index contributed by atoms with van der Waals surface area (Å²) in [4.78, 5) is 25.2. The highest BCUT2D eigenvalue weighted by atomic mass is 16.6. The lowest BCUT2D eigenvalue weighted by Crippen LogP contribution is -2.29. The van der Waals surface area contributed by atoms with Crippen LogP contribution in [0.1, 0.15) is 43.9 Å². The molecule has 0 aliphatic heterocycles. The van der Waals surface area contributed by atoms with Gasteiger partial charge in [0.2, 0.25) is 5.91 Å². The molecule has 0 aliphatic carbocycles. The molecule has 3 aromatic carbocycles. The van der Waals surface area contributed by atoms with Gasteiger partial charge in [0, 0.05) is 11.1 Å². The minimum atomic E-state index is -0.751. The maximum absolute atomic E-state index is 12.9. The van der Waals surface area contributed by atoms with Crippen LogP contribution < -0.4 is 21.1 Å². The number of methoxy groups -OCH3 is 1. The summed E-state index contributed by atoms with van der Waals surface area (Å²) >= 11 is 0. The van der Waals surface area contributed by atoms with Crippen molar-refractivity contribution < 1.29 is 24.2 Å². The molecule has 0 aromatic heterocycles. The van der Waals surface area contributed by atoms with Gasteiger partial charge in [-0.1, -0.05) is 38.1 Å². The van der Waals surface area contributed by atoms with Crippen molar-refractivity contribution in [2.45, 2.75) is 32.8 Å². The third-order valence-corrected chi connectivity index (χ3v) is 6.14. The third-order valence-electron chi connectivity index (χ3n) is 6.14. The Kier molecular flexibility index (Phi) is 9.54. The maximum atomic E-state index is 12.9. The van der Waals surface area contributed by atoms with E-state index in [1.54, 1.807) is 66.7 Å². The van der Waals surface area contributed by atoms with Crippen molar-refractivity contribution >= 4 is 29.1 Å². The van der Waals surface area contributed by atoms with Crippen molar-refractivity contribution in [2.75, 3.05) is 23.5 Å². The zero-order chi connectivity index (χ0) is 28.4. The Bertz CT molecular complexity index is 1380. The van der Waals surface area contributed by atoms with Crippen LogP contribution in [0.3, 0.4) is 0 Å². The van der Waals surface area contributed by atoms with E-state index in [1.165, 1.54) is 19.3 Å². The topological polar surface area (TPSA) is 147 Å². The van der Waals surface area contributed by atoms with E-state index in [-0.39, 0.29) is 11.7 Å². The molecule has 0 bridgehead atoms. The number of para-hydroxylation sites is 2. The number of anilines is 3. The molecular formula is C30H32N4O5. The number of allylic oxidation sites excluding steroid dienone is 1. The van der Waals surface area contributed by atoms with Crippen molar-refractivity contribution in [1.82, 2.24) is 0 Å². The first-order chi connectivity index (χ1) is 18.6. The minimum absolute atomic E-state index is 0.0800. The summed E-state index contributed by atoms with van der Waals surface area (Å²) in [5.41, 5.74) is 7.80. The summed E-state index contributed by atoms with van der Waals surface area (Å²) in [5.74, 6) is -0.0885. The second-order valence-corrected chi connectivity index (χ2v) is 9.54. The molecule has 5 N–H and O–H groups in total. The zero-order valence-electron chi connectivity index (χ0n) is 22.1. The second-order valence-electron chi connectivity index (χ2n) is 9.54. The fourth-order valence-electron chi connectivity index (χ4n) is 3.99. The molecule has 9 heteroatoms. The van der Waals surface area contributed by atoms with E-state index in [9.17, 15) is 14.7 Å². The lowest BCUT2D eigenvalue weighted by atomic mass is 9.78. The van der Waals surface area contributed by atoms with E-state index in [1.807, 2.05) is 19.9 Å². The number of phenols is 1. The molecule has 0 aliphatic rings. The predicted molar refractivity (Wildman–Crippen MR) is 150 cm³/mol. The molecule has 3 aromatic rings. The molecule has 0 spiro atoms. The summed E-state index contributed by atoms with van der Waals surface area (Å²) in [7, 11) is 1.45. The van der Waals surface area contributed by atoms with Crippen LogP contribution in [0.2, 0.25) is 0 Å². The molecule has 3 rings (SSSR count). The van der Waals surface area contributed by atoms with Crippen LogP contribution in [0.4, 0.5) is 21.9 Å². The summed E-state index contributed by atoms with van der Waals surface area (Å²) < 4.78 is 11.0. The van der Waals surface area contributed by atoms with Gasteiger partial charge in [0.1, 0.15) is 6.10 Å². The number of aromatic hydroxyl groups is 1. The number of benzene rings is 3. The number of nitrogen functional groups attached to an aromatic ring is 1. The van der Waals surface area contributed by atoms with E-state index in [4.69, 9.17) is 20.5 Å². The Morgan fingerprint density at radius 1 is 1.10 bits per heavy atom. The maximum Gasteiger partial charge on any atom is 0.412 e. The zero-order valence-corrected chi connectivity index (χ0v) is 22.1. The molecule has 0 saturated carbocycles. The molecular weight excluding hydrogens is 496 g/mol. The van der Waals surface area contributed by atoms with Crippen LogP contribution >= 0.6 is 0 Å². The SMILES string of the molecule is COc1ccc([C@@H](OC(=O)Nc2ccc(C#N)cc2)C(C)(C)CC/C=C/C(=O)Nc2ccccc2N)cc1O. The number of nitrogens with two attached hydrogens (primary N) is 1. The number of ether oxygens (including phenoxy) is 2. The number of carbonyl (C=O) groups excluding carboxylic acids is 2. The number of hydrogen-bond donors (Lipinski definition) is 4. The van der Waals surface area contributed by atoms with Crippen LogP contribution in [-0.2, 0) is 9.53 Å². The number of carbonyl (C=O) groups is 2. The Hall–Kier alpha value is -4.97. The average Bonchev–Trinajstić information content (AvgIpc) is 2.91. The number of phenolic OH excluding ortho intramolecular Hbond substituents is 1. The van der Waals surface area contributed by atoms with Gasteiger partial charge in [0.05, 0.1) is 30.1 Å². The van der Waals surface area contributed by atoms with Gasteiger partial charge in [-0.15, -0.1) is 0 Å².